The van der Waals surface area contributed by atoms with Crippen LogP contribution < -0.4 is 10.2 Å². The molecule has 2 heterocycles. The van der Waals surface area contributed by atoms with E-state index in [2.05, 4.69) is 5.32 Å². The standard InChI is InChI=1S/C10H18N2O4/c1-5(13)11-6-4-12-3-2-7(14)8(12)10(16)9(6)15/h6-10,14-16H,2-4H2,1H3,(H,11,13)/p+1/t6-,7-,8+,9+,10+/m0/s1. The summed E-state index contributed by atoms with van der Waals surface area (Å²) in [4.78, 5) is 12.0. The number of piperidine rings is 1. The molecule has 6 atom stereocenters. The zero-order chi connectivity index (χ0) is 11.9. The summed E-state index contributed by atoms with van der Waals surface area (Å²) < 4.78 is 0. The van der Waals surface area contributed by atoms with Gasteiger partial charge in [0.05, 0.1) is 6.54 Å². The van der Waals surface area contributed by atoms with Crippen LogP contribution in [0.3, 0.4) is 0 Å². The van der Waals surface area contributed by atoms with E-state index < -0.39 is 24.4 Å². The van der Waals surface area contributed by atoms with Gasteiger partial charge in [0.15, 0.2) is 0 Å². The van der Waals surface area contributed by atoms with Crippen molar-refractivity contribution >= 4 is 5.91 Å². The number of fused-ring (bicyclic) bond motifs is 1. The van der Waals surface area contributed by atoms with E-state index >= 15 is 0 Å². The molecular weight excluding hydrogens is 212 g/mol. The van der Waals surface area contributed by atoms with Crippen LogP contribution in [0.2, 0.25) is 0 Å². The third-order valence-electron chi connectivity index (χ3n) is 3.65. The number of quaternary nitrogens is 1. The smallest absolute Gasteiger partial charge is 0.217 e. The van der Waals surface area contributed by atoms with Gasteiger partial charge in [0, 0.05) is 13.3 Å². The normalized spacial score (nSPS) is 47.5. The van der Waals surface area contributed by atoms with Crippen molar-refractivity contribution in [2.45, 2.75) is 43.7 Å². The van der Waals surface area contributed by atoms with Crippen LogP contribution in [0.4, 0.5) is 0 Å². The molecule has 2 aliphatic rings. The minimum absolute atomic E-state index is 0.214. The summed E-state index contributed by atoms with van der Waals surface area (Å²) in [5.41, 5.74) is 0. The maximum absolute atomic E-state index is 11.0. The molecule has 0 saturated carbocycles. The largest absolute Gasteiger partial charge is 0.388 e. The third kappa shape index (κ3) is 1.93. The van der Waals surface area contributed by atoms with Gasteiger partial charge < -0.3 is 25.5 Å². The highest BCUT2D eigenvalue weighted by Gasteiger charge is 2.51. The zero-order valence-corrected chi connectivity index (χ0v) is 9.26. The molecule has 6 nitrogen and oxygen atoms in total. The van der Waals surface area contributed by atoms with Crippen LogP contribution in [0.1, 0.15) is 13.3 Å². The van der Waals surface area contributed by atoms with Crippen molar-refractivity contribution in [2.75, 3.05) is 13.1 Å². The van der Waals surface area contributed by atoms with Gasteiger partial charge in [-0.2, -0.15) is 0 Å². The predicted octanol–water partition coefficient (Wildman–Crippen LogP) is -3.76. The second kappa shape index (κ2) is 4.29. The number of carbonyl (C=O) groups excluding carboxylic acids is 1. The van der Waals surface area contributed by atoms with Gasteiger partial charge in [0.25, 0.3) is 0 Å². The van der Waals surface area contributed by atoms with Gasteiger partial charge in [-0.3, -0.25) is 4.79 Å². The van der Waals surface area contributed by atoms with E-state index in [1.807, 2.05) is 0 Å². The molecule has 1 amide bonds. The van der Waals surface area contributed by atoms with Crippen molar-refractivity contribution in [1.82, 2.24) is 5.32 Å². The van der Waals surface area contributed by atoms with Gasteiger partial charge in [-0.15, -0.1) is 0 Å². The SMILES string of the molecule is CC(=O)N[C@H]1C[NH+]2CC[C@H](O)[C@@H]2[C@@H](O)[C@@H]1O. The molecule has 0 spiro atoms. The number of carbonyl (C=O) groups is 1. The lowest BCUT2D eigenvalue weighted by Gasteiger charge is -2.40. The maximum Gasteiger partial charge on any atom is 0.217 e. The van der Waals surface area contributed by atoms with Crippen LogP contribution in [-0.4, -0.2) is 64.7 Å². The first-order valence-corrected chi connectivity index (χ1v) is 5.66. The fraction of sp³-hybridized carbons (Fsp3) is 0.900. The Morgan fingerprint density at radius 3 is 2.62 bits per heavy atom. The average Bonchev–Trinajstić information content (AvgIpc) is 2.55. The van der Waals surface area contributed by atoms with Crippen molar-refractivity contribution in [3.05, 3.63) is 0 Å². The lowest BCUT2D eigenvalue weighted by atomic mass is 9.91. The highest BCUT2D eigenvalue weighted by Crippen LogP contribution is 2.15. The maximum atomic E-state index is 11.0. The molecule has 5 N–H and O–H groups in total. The van der Waals surface area contributed by atoms with E-state index in [9.17, 15) is 20.1 Å². The summed E-state index contributed by atoms with van der Waals surface area (Å²) in [7, 11) is 0. The minimum atomic E-state index is -0.995. The Hall–Kier alpha value is -0.690. The molecule has 2 rings (SSSR count). The Morgan fingerprint density at radius 2 is 2.00 bits per heavy atom. The predicted molar refractivity (Wildman–Crippen MR) is 54.7 cm³/mol. The van der Waals surface area contributed by atoms with Gasteiger partial charge in [0.2, 0.25) is 5.91 Å². The highest BCUT2D eigenvalue weighted by molar-refractivity contribution is 5.73. The Bertz CT molecular complexity index is 286. The zero-order valence-electron chi connectivity index (χ0n) is 9.26. The summed E-state index contributed by atoms with van der Waals surface area (Å²) in [6, 6.07) is -0.746. The lowest BCUT2D eigenvalue weighted by Crippen LogP contribution is -3.19. The first-order chi connectivity index (χ1) is 7.50. The topological polar surface area (TPSA) is 94.2 Å². The van der Waals surface area contributed by atoms with Crippen LogP contribution in [0, 0.1) is 0 Å². The van der Waals surface area contributed by atoms with Gasteiger partial charge in [-0.05, 0) is 0 Å². The minimum Gasteiger partial charge on any atom is -0.388 e. The molecule has 0 bridgehead atoms. The molecule has 6 heteroatoms. The van der Waals surface area contributed by atoms with E-state index in [0.717, 1.165) is 11.4 Å². The number of nitrogens with one attached hydrogen (secondary N) is 2. The Morgan fingerprint density at radius 1 is 1.31 bits per heavy atom. The fourth-order valence-corrected chi connectivity index (χ4v) is 2.91. The number of aliphatic hydroxyl groups excluding tert-OH is 3. The molecule has 16 heavy (non-hydrogen) atoms. The lowest BCUT2D eigenvalue weighted by molar-refractivity contribution is -0.925. The highest BCUT2D eigenvalue weighted by atomic mass is 16.3. The van der Waals surface area contributed by atoms with E-state index in [1.165, 1.54) is 6.92 Å². The first kappa shape index (κ1) is 11.8. The van der Waals surface area contributed by atoms with Crippen molar-refractivity contribution in [1.29, 1.82) is 0 Å². The van der Waals surface area contributed by atoms with Crippen LogP contribution >= 0.6 is 0 Å². The van der Waals surface area contributed by atoms with Crippen molar-refractivity contribution < 1.29 is 25.0 Å². The molecule has 0 aromatic rings. The Balaban J connectivity index is 2.09. The van der Waals surface area contributed by atoms with Gasteiger partial charge in [-0.25, -0.2) is 0 Å². The number of amides is 1. The molecular formula is C10H19N2O4+. The molecule has 2 aliphatic heterocycles. The number of hydrogen-bond donors (Lipinski definition) is 5. The van der Waals surface area contributed by atoms with Gasteiger partial charge in [-0.1, -0.05) is 0 Å². The second-order valence-electron chi connectivity index (χ2n) is 4.78. The van der Waals surface area contributed by atoms with Crippen molar-refractivity contribution in [3.63, 3.8) is 0 Å². The molecule has 0 aromatic carbocycles. The first-order valence-electron chi connectivity index (χ1n) is 5.66. The summed E-state index contributed by atoms with van der Waals surface area (Å²) in [6.07, 6.45) is -1.89. The van der Waals surface area contributed by atoms with Crippen molar-refractivity contribution in [3.8, 4) is 0 Å². The molecule has 92 valence electrons. The van der Waals surface area contributed by atoms with E-state index in [1.54, 1.807) is 0 Å². The molecule has 0 aliphatic carbocycles. The van der Waals surface area contributed by atoms with Gasteiger partial charge in [0.1, 0.15) is 36.9 Å². The van der Waals surface area contributed by atoms with Crippen LogP contribution in [0.15, 0.2) is 0 Å². The summed E-state index contributed by atoms with van der Waals surface area (Å²) in [6.45, 7) is 2.71. The molecule has 2 fully saturated rings. The van der Waals surface area contributed by atoms with Crippen LogP contribution in [0.25, 0.3) is 0 Å². The number of rotatable bonds is 1. The van der Waals surface area contributed by atoms with Crippen molar-refractivity contribution in [2.24, 2.45) is 0 Å². The Kier molecular flexibility index (Phi) is 3.16. The second-order valence-corrected chi connectivity index (χ2v) is 4.78. The van der Waals surface area contributed by atoms with Crippen LogP contribution in [-0.2, 0) is 4.79 Å². The van der Waals surface area contributed by atoms with Gasteiger partial charge >= 0.3 is 0 Å². The summed E-state index contributed by atoms with van der Waals surface area (Å²) >= 11 is 0. The quantitative estimate of drug-likeness (QED) is 0.320. The average molecular weight is 231 g/mol. The van der Waals surface area contributed by atoms with E-state index in [4.69, 9.17) is 0 Å². The molecule has 0 aromatic heterocycles. The monoisotopic (exact) mass is 231 g/mol. The molecule has 0 radical (unpaired) electrons. The van der Waals surface area contributed by atoms with E-state index in [-0.39, 0.29) is 11.9 Å². The third-order valence-corrected chi connectivity index (χ3v) is 3.65. The summed E-state index contributed by atoms with van der Waals surface area (Å²) in [5, 5.41) is 32.1. The van der Waals surface area contributed by atoms with E-state index in [0.29, 0.717) is 13.0 Å². The summed E-state index contributed by atoms with van der Waals surface area (Å²) in [5.74, 6) is -0.214. The number of hydrogen-bond acceptors (Lipinski definition) is 4. The molecule has 1 unspecified atom stereocenters. The Labute approximate surface area is 93.9 Å². The molecule has 2 saturated heterocycles. The number of aliphatic hydroxyl groups is 3. The fourth-order valence-electron chi connectivity index (χ4n) is 2.91. The van der Waals surface area contributed by atoms with Crippen LogP contribution in [0.5, 0.6) is 0 Å².